The topological polar surface area (TPSA) is 50.4 Å². The van der Waals surface area contributed by atoms with E-state index in [1.165, 1.54) is 30.3 Å². The number of carbonyl (C=O) groups excluding carboxylic acids is 1. The summed E-state index contributed by atoms with van der Waals surface area (Å²) in [5.41, 5.74) is 0.417. The fraction of sp³-hybridized carbons (Fsp3) is 0.188. The first-order valence-electron chi connectivity index (χ1n) is 6.78. The lowest BCUT2D eigenvalue weighted by Gasteiger charge is -2.09. The van der Waals surface area contributed by atoms with Crippen LogP contribution in [0.4, 0.5) is 13.6 Å². The molecule has 0 saturated carbocycles. The van der Waals surface area contributed by atoms with Crippen molar-refractivity contribution in [2.24, 2.45) is 0 Å². The highest BCUT2D eigenvalue weighted by atomic mass is 19.1. The van der Waals surface area contributed by atoms with Gasteiger partial charge in [0, 0.05) is 12.1 Å². The number of amides is 2. The summed E-state index contributed by atoms with van der Waals surface area (Å²) in [4.78, 5) is 11.5. The zero-order chi connectivity index (χ0) is 15.8. The van der Waals surface area contributed by atoms with Crippen molar-refractivity contribution >= 4 is 6.03 Å². The number of hydrogen-bond acceptors (Lipinski definition) is 2. The number of rotatable bonds is 6. The number of hydrogen-bond donors (Lipinski definition) is 2. The molecule has 0 heterocycles. The molecular formula is C16H16F2N2O2. The van der Waals surface area contributed by atoms with Crippen LogP contribution in [0.5, 0.6) is 5.75 Å². The van der Waals surface area contributed by atoms with Gasteiger partial charge in [-0.15, -0.1) is 0 Å². The molecule has 0 aliphatic rings. The van der Waals surface area contributed by atoms with Crippen LogP contribution in [0.1, 0.15) is 5.56 Å². The van der Waals surface area contributed by atoms with E-state index in [4.69, 9.17) is 4.74 Å². The van der Waals surface area contributed by atoms with Crippen molar-refractivity contribution < 1.29 is 18.3 Å². The Morgan fingerprint density at radius 1 is 1.00 bits per heavy atom. The average molecular weight is 306 g/mol. The Balaban J connectivity index is 1.64. The monoisotopic (exact) mass is 306 g/mol. The van der Waals surface area contributed by atoms with Crippen molar-refractivity contribution in [3.05, 3.63) is 65.7 Å². The third-order valence-corrected chi connectivity index (χ3v) is 2.87. The summed E-state index contributed by atoms with van der Waals surface area (Å²) < 4.78 is 31.4. The van der Waals surface area contributed by atoms with Crippen LogP contribution in [0.3, 0.4) is 0 Å². The Kier molecular flexibility index (Phi) is 5.71. The minimum absolute atomic E-state index is 0.108. The van der Waals surface area contributed by atoms with E-state index >= 15 is 0 Å². The molecule has 0 aromatic heterocycles. The standard InChI is InChI=1S/C16H16F2N2O2/c17-13-5-7-14(8-6-13)22-10-9-19-16(21)20-11-12-3-1-2-4-15(12)18/h1-8H,9-11H2,(H2,19,20,21). The number of urea groups is 1. The fourth-order valence-corrected chi connectivity index (χ4v) is 1.74. The molecule has 0 saturated heterocycles. The molecule has 0 aliphatic heterocycles. The van der Waals surface area contributed by atoms with E-state index in [0.29, 0.717) is 11.3 Å². The maximum absolute atomic E-state index is 13.3. The van der Waals surface area contributed by atoms with Crippen LogP contribution in [0.15, 0.2) is 48.5 Å². The molecule has 0 fully saturated rings. The molecule has 2 aromatic rings. The molecule has 4 nitrogen and oxygen atoms in total. The molecule has 0 radical (unpaired) electrons. The maximum Gasteiger partial charge on any atom is 0.315 e. The first-order valence-corrected chi connectivity index (χ1v) is 6.78. The Hall–Kier alpha value is -2.63. The molecule has 116 valence electrons. The smallest absolute Gasteiger partial charge is 0.315 e. The van der Waals surface area contributed by atoms with Gasteiger partial charge in [0.25, 0.3) is 0 Å². The summed E-state index contributed by atoms with van der Waals surface area (Å²) in [5, 5.41) is 5.13. The molecule has 6 heteroatoms. The van der Waals surface area contributed by atoms with Gasteiger partial charge in [-0.3, -0.25) is 0 Å². The van der Waals surface area contributed by atoms with Crippen LogP contribution < -0.4 is 15.4 Å². The molecule has 2 rings (SSSR count). The Morgan fingerprint density at radius 3 is 2.45 bits per heavy atom. The second kappa shape index (κ2) is 7.97. The van der Waals surface area contributed by atoms with E-state index in [1.807, 2.05) is 0 Å². The third-order valence-electron chi connectivity index (χ3n) is 2.87. The molecular weight excluding hydrogens is 290 g/mol. The summed E-state index contributed by atoms with van der Waals surface area (Å²) >= 11 is 0. The van der Waals surface area contributed by atoms with E-state index in [-0.39, 0.29) is 31.3 Å². The number of benzene rings is 2. The lowest BCUT2D eigenvalue weighted by atomic mass is 10.2. The number of ether oxygens (including phenoxy) is 1. The van der Waals surface area contributed by atoms with Crippen molar-refractivity contribution in [1.29, 1.82) is 0 Å². The van der Waals surface area contributed by atoms with Crippen molar-refractivity contribution in [2.45, 2.75) is 6.54 Å². The van der Waals surface area contributed by atoms with E-state index in [2.05, 4.69) is 10.6 Å². The second-order valence-electron chi connectivity index (χ2n) is 4.50. The zero-order valence-electron chi connectivity index (χ0n) is 11.8. The van der Waals surface area contributed by atoms with Crippen molar-refractivity contribution in [3.8, 4) is 5.75 Å². The lowest BCUT2D eigenvalue weighted by molar-refractivity contribution is 0.236. The predicted molar refractivity (Wildman–Crippen MR) is 78.5 cm³/mol. The van der Waals surface area contributed by atoms with Gasteiger partial charge in [-0.05, 0) is 30.3 Å². The van der Waals surface area contributed by atoms with Gasteiger partial charge in [0.1, 0.15) is 24.0 Å². The van der Waals surface area contributed by atoms with Crippen LogP contribution in [0.2, 0.25) is 0 Å². The van der Waals surface area contributed by atoms with Crippen LogP contribution in [0.25, 0.3) is 0 Å². The van der Waals surface area contributed by atoms with Gasteiger partial charge in [0.15, 0.2) is 0 Å². The minimum atomic E-state index is -0.411. The zero-order valence-corrected chi connectivity index (χ0v) is 11.8. The highest BCUT2D eigenvalue weighted by molar-refractivity contribution is 5.73. The molecule has 2 amide bonds. The Morgan fingerprint density at radius 2 is 1.73 bits per heavy atom. The molecule has 2 N–H and O–H groups in total. The van der Waals surface area contributed by atoms with Gasteiger partial charge >= 0.3 is 6.03 Å². The van der Waals surface area contributed by atoms with E-state index in [9.17, 15) is 13.6 Å². The predicted octanol–water partition coefficient (Wildman–Crippen LogP) is 2.84. The Labute approximate surface area is 127 Å². The van der Waals surface area contributed by atoms with E-state index in [0.717, 1.165) is 0 Å². The summed E-state index contributed by atoms with van der Waals surface area (Å²) in [5.74, 6) is -0.171. The molecule has 0 atom stereocenters. The molecule has 0 spiro atoms. The van der Waals surface area contributed by atoms with Crippen molar-refractivity contribution in [3.63, 3.8) is 0 Å². The summed E-state index contributed by atoms with van der Waals surface area (Å²) in [7, 11) is 0. The van der Waals surface area contributed by atoms with Gasteiger partial charge in [-0.25, -0.2) is 13.6 Å². The van der Waals surface area contributed by atoms with Crippen molar-refractivity contribution in [2.75, 3.05) is 13.2 Å². The highest BCUT2D eigenvalue weighted by Crippen LogP contribution is 2.10. The summed E-state index contributed by atoms with van der Waals surface area (Å²) in [6.07, 6.45) is 0. The number of nitrogens with one attached hydrogen (secondary N) is 2. The normalized spacial score (nSPS) is 10.1. The van der Waals surface area contributed by atoms with Crippen LogP contribution in [0, 0.1) is 11.6 Å². The Bertz CT molecular complexity index is 618. The summed E-state index contributed by atoms with van der Waals surface area (Å²) in [6.45, 7) is 0.635. The highest BCUT2D eigenvalue weighted by Gasteiger charge is 2.03. The quantitative estimate of drug-likeness (QED) is 0.806. The molecule has 0 bridgehead atoms. The SMILES string of the molecule is O=C(NCCOc1ccc(F)cc1)NCc1ccccc1F. The van der Waals surface area contributed by atoms with E-state index in [1.54, 1.807) is 18.2 Å². The largest absolute Gasteiger partial charge is 0.492 e. The molecule has 2 aromatic carbocycles. The molecule has 0 unspecified atom stereocenters. The lowest BCUT2D eigenvalue weighted by Crippen LogP contribution is -2.37. The average Bonchev–Trinajstić information content (AvgIpc) is 2.52. The summed E-state index contributed by atoms with van der Waals surface area (Å²) in [6, 6.07) is 11.4. The van der Waals surface area contributed by atoms with E-state index < -0.39 is 6.03 Å². The molecule has 22 heavy (non-hydrogen) atoms. The van der Waals surface area contributed by atoms with Gasteiger partial charge in [0.2, 0.25) is 0 Å². The van der Waals surface area contributed by atoms with Crippen molar-refractivity contribution in [1.82, 2.24) is 10.6 Å². The first-order chi connectivity index (χ1) is 10.6. The second-order valence-corrected chi connectivity index (χ2v) is 4.50. The van der Waals surface area contributed by atoms with Gasteiger partial charge in [-0.1, -0.05) is 18.2 Å². The van der Waals surface area contributed by atoms with Crippen LogP contribution in [-0.4, -0.2) is 19.2 Å². The number of halogens is 2. The van der Waals surface area contributed by atoms with Gasteiger partial charge in [0.05, 0.1) is 6.54 Å². The fourth-order valence-electron chi connectivity index (χ4n) is 1.74. The minimum Gasteiger partial charge on any atom is -0.492 e. The third kappa shape index (κ3) is 5.05. The molecule has 0 aliphatic carbocycles. The van der Waals surface area contributed by atoms with Crippen LogP contribution in [-0.2, 0) is 6.54 Å². The van der Waals surface area contributed by atoms with Crippen LogP contribution >= 0.6 is 0 Å². The van der Waals surface area contributed by atoms with Gasteiger partial charge < -0.3 is 15.4 Å². The maximum atomic E-state index is 13.3. The van der Waals surface area contributed by atoms with Gasteiger partial charge in [-0.2, -0.15) is 0 Å². The first kappa shape index (κ1) is 15.8. The number of carbonyl (C=O) groups is 1.